The maximum absolute atomic E-state index is 4.68. The summed E-state index contributed by atoms with van der Waals surface area (Å²) < 4.78 is 0.765. The largest absolute Gasteiger partial charge is 0.223 e. The molecule has 110 valence electrons. The van der Waals surface area contributed by atoms with E-state index >= 15 is 0 Å². The third-order valence-corrected chi connectivity index (χ3v) is 4.30. The van der Waals surface area contributed by atoms with Crippen molar-refractivity contribution in [1.82, 2.24) is 9.97 Å². The average Bonchev–Trinajstić information content (AvgIpc) is 2.62. The standard InChI is InChI=1S/C20H13IN2/c21-20-22-18-12-5-4-11-17(18)19(23-20)16-10-6-9-15(13-16)14-7-2-1-3-8-14/h1-13H. The van der Waals surface area contributed by atoms with Crippen molar-refractivity contribution in [2.45, 2.75) is 0 Å². The molecule has 0 N–H and O–H groups in total. The minimum Gasteiger partial charge on any atom is -0.223 e. The number of aromatic nitrogens is 2. The maximum Gasteiger partial charge on any atom is 0.191 e. The molecule has 4 rings (SSSR count). The Morgan fingerprint density at radius 3 is 2.17 bits per heavy atom. The van der Waals surface area contributed by atoms with E-state index in [2.05, 4.69) is 87.2 Å². The van der Waals surface area contributed by atoms with Gasteiger partial charge < -0.3 is 0 Å². The van der Waals surface area contributed by atoms with Gasteiger partial charge in [0.15, 0.2) is 3.83 Å². The van der Waals surface area contributed by atoms with Gasteiger partial charge in [-0.15, -0.1) is 0 Å². The van der Waals surface area contributed by atoms with Crippen molar-refractivity contribution < 1.29 is 0 Å². The normalized spacial score (nSPS) is 10.8. The van der Waals surface area contributed by atoms with Crippen LogP contribution in [0.1, 0.15) is 0 Å². The van der Waals surface area contributed by atoms with Gasteiger partial charge in [-0.25, -0.2) is 9.97 Å². The molecule has 1 heterocycles. The first-order valence-electron chi connectivity index (χ1n) is 7.39. The Kier molecular flexibility index (Phi) is 3.79. The van der Waals surface area contributed by atoms with E-state index in [1.54, 1.807) is 0 Å². The third-order valence-electron chi connectivity index (χ3n) is 3.82. The Morgan fingerprint density at radius 1 is 0.609 bits per heavy atom. The summed E-state index contributed by atoms with van der Waals surface area (Å²) in [6, 6.07) is 27.1. The van der Waals surface area contributed by atoms with Crippen LogP contribution in [0.2, 0.25) is 0 Å². The monoisotopic (exact) mass is 408 g/mol. The maximum atomic E-state index is 4.68. The van der Waals surface area contributed by atoms with Crippen LogP contribution in [0, 0.1) is 3.83 Å². The van der Waals surface area contributed by atoms with E-state index in [1.165, 1.54) is 11.1 Å². The number of hydrogen-bond donors (Lipinski definition) is 0. The minimum atomic E-state index is 0.765. The zero-order valence-electron chi connectivity index (χ0n) is 12.3. The molecule has 0 bridgehead atoms. The highest BCUT2D eigenvalue weighted by Crippen LogP contribution is 2.29. The quantitative estimate of drug-likeness (QED) is 0.320. The predicted octanol–water partition coefficient (Wildman–Crippen LogP) is 5.57. The van der Waals surface area contributed by atoms with E-state index in [0.29, 0.717) is 0 Å². The van der Waals surface area contributed by atoms with Gasteiger partial charge in [-0.1, -0.05) is 66.7 Å². The van der Waals surface area contributed by atoms with E-state index in [-0.39, 0.29) is 0 Å². The van der Waals surface area contributed by atoms with Crippen LogP contribution in [0.4, 0.5) is 0 Å². The van der Waals surface area contributed by atoms with Gasteiger partial charge in [0.2, 0.25) is 0 Å². The van der Waals surface area contributed by atoms with Gasteiger partial charge in [0.05, 0.1) is 11.2 Å². The Bertz CT molecular complexity index is 981. The van der Waals surface area contributed by atoms with Crippen molar-refractivity contribution in [2.24, 2.45) is 0 Å². The van der Waals surface area contributed by atoms with Crippen LogP contribution in [0.5, 0.6) is 0 Å². The molecular formula is C20H13IN2. The zero-order valence-corrected chi connectivity index (χ0v) is 14.4. The average molecular weight is 408 g/mol. The summed E-state index contributed by atoms with van der Waals surface area (Å²) in [5.74, 6) is 0. The van der Waals surface area contributed by atoms with Gasteiger partial charge in [-0.05, 0) is 23.3 Å². The highest BCUT2D eigenvalue weighted by atomic mass is 127. The summed E-state index contributed by atoms with van der Waals surface area (Å²) in [4.78, 5) is 9.20. The van der Waals surface area contributed by atoms with Gasteiger partial charge in [0, 0.05) is 33.5 Å². The number of hydrogen-bond acceptors (Lipinski definition) is 2. The van der Waals surface area contributed by atoms with Gasteiger partial charge >= 0.3 is 0 Å². The molecule has 3 heteroatoms. The molecule has 2 nitrogen and oxygen atoms in total. The second kappa shape index (κ2) is 6.08. The molecule has 0 aliphatic heterocycles. The van der Waals surface area contributed by atoms with E-state index in [0.717, 1.165) is 26.0 Å². The lowest BCUT2D eigenvalue weighted by molar-refractivity contribution is 1.16. The number of halogens is 1. The summed E-state index contributed by atoms with van der Waals surface area (Å²) in [6.45, 7) is 0. The molecule has 0 radical (unpaired) electrons. The lowest BCUT2D eigenvalue weighted by atomic mass is 10.00. The molecule has 0 saturated carbocycles. The van der Waals surface area contributed by atoms with E-state index in [1.807, 2.05) is 24.3 Å². The third kappa shape index (κ3) is 2.84. The van der Waals surface area contributed by atoms with E-state index in [4.69, 9.17) is 0 Å². The van der Waals surface area contributed by atoms with Crippen molar-refractivity contribution in [1.29, 1.82) is 0 Å². The second-order valence-electron chi connectivity index (χ2n) is 5.31. The van der Waals surface area contributed by atoms with Crippen LogP contribution < -0.4 is 0 Å². The lowest BCUT2D eigenvalue weighted by Crippen LogP contribution is -1.94. The number of rotatable bonds is 2. The molecule has 0 saturated heterocycles. The van der Waals surface area contributed by atoms with Gasteiger partial charge in [-0.3, -0.25) is 0 Å². The number of nitrogens with zero attached hydrogens (tertiary/aromatic N) is 2. The van der Waals surface area contributed by atoms with Crippen molar-refractivity contribution >= 4 is 33.5 Å². The highest BCUT2D eigenvalue weighted by molar-refractivity contribution is 14.1. The van der Waals surface area contributed by atoms with Gasteiger partial charge in [0.25, 0.3) is 0 Å². The molecule has 0 aliphatic carbocycles. The highest BCUT2D eigenvalue weighted by Gasteiger charge is 2.09. The second-order valence-corrected chi connectivity index (χ2v) is 6.27. The molecule has 0 atom stereocenters. The predicted molar refractivity (Wildman–Crippen MR) is 103 cm³/mol. The van der Waals surface area contributed by atoms with E-state index in [9.17, 15) is 0 Å². The molecule has 0 amide bonds. The van der Waals surface area contributed by atoms with Gasteiger partial charge in [0.1, 0.15) is 0 Å². The Morgan fingerprint density at radius 2 is 1.30 bits per heavy atom. The topological polar surface area (TPSA) is 25.8 Å². The Labute approximate surface area is 148 Å². The first kappa shape index (κ1) is 14.3. The van der Waals surface area contributed by atoms with Crippen molar-refractivity contribution in [3.05, 3.63) is 82.7 Å². The fourth-order valence-corrected chi connectivity index (χ4v) is 3.25. The molecule has 1 aromatic heterocycles. The summed E-state index contributed by atoms with van der Waals surface area (Å²) >= 11 is 2.18. The summed E-state index contributed by atoms with van der Waals surface area (Å²) in [5, 5.41) is 1.08. The number of fused-ring (bicyclic) bond motifs is 1. The molecule has 23 heavy (non-hydrogen) atoms. The number of para-hydroxylation sites is 1. The fourth-order valence-electron chi connectivity index (χ4n) is 2.74. The smallest absolute Gasteiger partial charge is 0.191 e. The Balaban J connectivity index is 1.92. The molecule has 0 aliphatic rings. The molecule has 0 fully saturated rings. The number of benzene rings is 3. The summed E-state index contributed by atoms with van der Waals surface area (Å²) in [6.07, 6.45) is 0. The fraction of sp³-hybridized carbons (Fsp3) is 0. The molecule has 0 spiro atoms. The van der Waals surface area contributed by atoms with Crippen LogP contribution >= 0.6 is 22.6 Å². The van der Waals surface area contributed by atoms with Crippen LogP contribution in [0.3, 0.4) is 0 Å². The first-order valence-corrected chi connectivity index (χ1v) is 8.47. The van der Waals surface area contributed by atoms with Crippen molar-refractivity contribution in [3.8, 4) is 22.4 Å². The SMILES string of the molecule is Ic1nc(-c2cccc(-c3ccccc3)c2)c2ccccc2n1. The molecular weight excluding hydrogens is 395 g/mol. The van der Waals surface area contributed by atoms with Crippen LogP contribution in [-0.4, -0.2) is 9.97 Å². The first-order chi connectivity index (χ1) is 11.3. The Hall–Kier alpha value is -2.27. The van der Waals surface area contributed by atoms with Crippen LogP contribution in [0.15, 0.2) is 78.9 Å². The molecule has 0 unspecified atom stereocenters. The lowest BCUT2D eigenvalue weighted by Gasteiger charge is -2.08. The summed E-state index contributed by atoms with van der Waals surface area (Å²) in [5.41, 5.74) is 5.48. The molecule has 4 aromatic rings. The van der Waals surface area contributed by atoms with Crippen molar-refractivity contribution in [3.63, 3.8) is 0 Å². The minimum absolute atomic E-state index is 0.765. The van der Waals surface area contributed by atoms with Crippen LogP contribution in [0.25, 0.3) is 33.3 Å². The molecule has 3 aromatic carbocycles. The van der Waals surface area contributed by atoms with E-state index < -0.39 is 0 Å². The zero-order chi connectivity index (χ0) is 15.6. The summed E-state index contributed by atoms with van der Waals surface area (Å²) in [7, 11) is 0. The van der Waals surface area contributed by atoms with Crippen molar-refractivity contribution in [2.75, 3.05) is 0 Å². The van der Waals surface area contributed by atoms with Crippen LogP contribution in [-0.2, 0) is 0 Å². The van der Waals surface area contributed by atoms with Gasteiger partial charge in [-0.2, -0.15) is 0 Å².